The summed E-state index contributed by atoms with van der Waals surface area (Å²) in [7, 11) is 1.38. The van der Waals surface area contributed by atoms with Crippen molar-refractivity contribution < 1.29 is 19.4 Å². The van der Waals surface area contributed by atoms with Crippen molar-refractivity contribution in [2.75, 3.05) is 7.11 Å². The van der Waals surface area contributed by atoms with E-state index < -0.39 is 11.2 Å². The summed E-state index contributed by atoms with van der Waals surface area (Å²) in [6.45, 7) is 5.08. The minimum absolute atomic E-state index is 0.0569. The smallest absolute Gasteiger partial charge is 0.337 e. The average molecular weight is 278 g/mol. The van der Waals surface area contributed by atoms with E-state index in [4.69, 9.17) is 9.47 Å². The van der Waals surface area contributed by atoms with Crippen LogP contribution in [-0.2, 0) is 14.3 Å². The van der Waals surface area contributed by atoms with Gasteiger partial charge in [-0.1, -0.05) is 18.3 Å². The summed E-state index contributed by atoms with van der Waals surface area (Å²) in [5.41, 5.74) is -1.13. The van der Waals surface area contributed by atoms with E-state index in [1.54, 1.807) is 20.8 Å². The van der Waals surface area contributed by atoms with E-state index in [-0.39, 0.29) is 11.9 Å². The zero-order valence-corrected chi connectivity index (χ0v) is 12.6. The van der Waals surface area contributed by atoms with Gasteiger partial charge in [0.1, 0.15) is 11.4 Å². The molecule has 2 rings (SSSR count). The molecule has 0 spiro atoms. The molecule has 110 valence electrons. The molecule has 0 saturated heterocycles. The van der Waals surface area contributed by atoms with Gasteiger partial charge in [-0.05, 0) is 40.0 Å². The Balaban J connectivity index is 2.38. The summed E-state index contributed by atoms with van der Waals surface area (Å²) < 4.78 is 10.8. The molecular formula is C16H22O4. The molecule has 4 heteroatoms. The highest BCUT2D eigenvalue weighted by Crippen LogP contribution is 2.48. The van der Waals surface area contributed by atoms with E-state index in [0.717, 1.165) is 25.7 Å². The van der Waals surface area contributed by atoms with Gasteiger partial charge in [0.25, 0.3) is 0 Å². The molecule has 4 nitrogen and oxygen atoms in total. The number of esters is 1. The summed E-state index contributed by atoms with van der Waals surface area (Å²) >= 11 is 0. The molecule has 1 heterocycles. The predicted octanol–water partition coefficient (Wildman–Crippen LogP) is 2.17. The Kier molecular flexibility index (Phi) is 3.84. The highest BCUT2D eigenvalue weighted by Gasteiger charge is 2.51. The Morgan fingerprint density at radius 1 is 1.50 bits per heavy atom. The van der Waals surface area contributed by atoms with Crippen LogP contribution in [0.1, 0.15) is 46.5 Å². The Labute approximate surface area is 120 Å². The molecule has 0 aromatic rings. The minimum atomic E-state index is -1.07. The lowest BCUT2D eigenvalue weighted by atomic mass is 9.73. The van der Waals surface area contributed by atoms with E-state index in [2.05, 4.69) is 11.8 Å². The van der Waals surface area contributed by atoms with Crippen LogP contribution in [0, 0.1) is 17.8 Å². The van der Waals surface area contributed by atoms with Crippen molar-refractivity contribution in [2.24, 2.45) is 5.92 Å². The fraction of sp³-hybridized carbons (Fsp3) is 0.688. The molecule has 0 radical (unpaired) electrons. The zero-order valence-electron chi connectivity index (χ0n) is 12.6. The van der Waals surface area contributed by atoms with E-state index in [1.165, 1.54) is 7.11 Å². The lowest BCUT2D eigenvalue weighted by Crippen LogP contribution is -2.40. The number of carbonyl (C=O) groups is 1. The largest absolute Gasteiger partial charge is 0.478 e. The van der Waals surface area contributed by atoms with Gasteiger partial charge in [0.2, 0.25) is 0 Å². The molecule has 0 unspecified atom stereocenters. The number of aliphatic hydroxyl groups is 1. The minimum Gasteiger partial charge on any atom is -0.478 e. The first-order valence-corrected chi connectivity index (χ1v) is 7.04. The number of hydrogen-bond acceptors (Lipinski definition) is 4. The number of rotatable bonds is 1. The Hall–Kier alpha value is -1.47. The highest BCUT2D eigenvalue weighted by molar-refractivity contribution is 5.90. The Bertz CT molecular complexity index is 501. The second-order valence-corrected chi connectivity index (χ2v) is 6.06. The third-order valence-electron chi connectivity index (χ3n) is 3.90. The van der Waals surface area contributed by atoms with Gasteiger partial charge in [-0.15, -0.1) is 0 Å². The molecule has 0 aromatic carbocycles. The molecule has 1 aliphatic heterocycles. The average Bonchev–Trinajstić information content (AvgIpc) is 2.67. The molecule has 2 atom stereocenters. The molecule has 1 fully saturated rings. The number of carbonyl (C=O) groups excluding carboxylic acids is 1. The normalized spacial score (nSPS) is 29.1. The maximum atomic E-state index is 12.0. The summed E-state index contributed by atoms with van der Waals surface area (Å²) in [5.74, 6) is 6.17. The third kappa shape index (κ3) is 2.69. The molecule has 0 aromatic heterocycles. The third-order valence-corrected chi connectivity index (χ3v) is 3.90. The van der Waals surface area contributed by atoms with Crippen LogP contribution in [0.3, 0.4) is 0 Å². The van der Waals surface area contributed by atoms with Gasteiger partial charge in [0, 0.05) is 5.92 Å². The monoisotopic (exact) mass is 278 g/mol. The highest BCUT2D eigenvalue weighted by atomic mass is 16.5. The van der Waals surface area contributed by atoms with Crippen molar-refractivity contribution in [2.45, 2.75) is 57.7 Å². The first-order valence-electron chi connectivity index (χ1n) is 7.04. The number of ether oxygens (including phenoxy) is 2. The van der Waals surface area contributed by atoms with E-state index >= 15 is 0 Å². The fourth-order valence-corrected chi connectivity index (χ4v) is 3.05. The van der Waals surface area contributed by atoms with Gasteiger partial charge in [0.05, 0.1) is 12.7 Å². The van der Waals surface area contributed by atoms with Gasteiger partial charge in [-0.25, -0.2) is 4.79 Å². The lowest BCUT2D eigenvalue weighted by Gasteiger charge is -2.35. The van der Waals surface area contributed by atoms with Crippen LogP contribution in [0.4, 0.5) is 0 Å². The Morgan fingerprint density at radius 3 is 2.80 bits per heavy atom. The molecule has 20 heavy (non-hydrogen) atoms. The molecule has 1 saturated carbocycles. The predicted molar refractivity (Wildman–Crippen MR) is 74.6 cm³/mol. The van der Waals surface area contributed by atoms with Crippen molar-refractivity contribution in [3.8, 4) is 11.8 Å². The number of allylic oxidation sites excluding steroid dienone is 1. The van der Waals surface area contributed by atoms with Crippen LogP contribution < -0.4 is 0 Å². The Morgan fingerprint density at radius 2 is 2.20 bits per heavy atom. The van der Waals surface area contributed by atoms with Gasteiger partial charge in [-0.3, -0.25) is 0 Å². The van der Waals surface area contributed by atoms with E-state index in [0.29, 0.717) is 11.3 Å². The molecule has 0 bridgehead atoms. The van der Waals surface area contributed by atoms with Crippen molar-refractivity contribution in [3.63, 3.8) is 0 Å². The number of hydrogen-bond donors (Lipinski definition) is 1. The van der Waals surface area contributed by atoms with Gasteiger partial charge >= 0.3 is 5.97 Å². The van der Waals surface area contributed by atoms with Crippen molar-refractivity contribution >= 4 is 5.97 Å². The maximum absolute atomic E-state index is 12.0. The van der Waals surface area contributed by atoms with Gasteiger partial charge < -0.3 is 14.6 Å². The summed E-state index contributed by atoms with van der Waals surface area (Å²) in [4.78, 5) is 12.0. The van der Waals surface area contributed by atoms with Crippen molar-refractivity contribution in [1.82, 2.24) is 0 Å². The maximum Gasteiger partial charge on any atom is 0.337 e. The molecule has 0 amide bonds. The van der Waals surface area contributed by atoms with E-state index in [1.807, 2.05) is 0 Å². The SMILES string of the molecule is COC(=O)C1=C(C)O[C@@]2(C#CC(C)(C)O)CCCC[C@H]12. The second kappa shape index (κ2) is 5.14. The van der Waals surface area contributed by atoms with Crippen molar-refractivity contribution in [1.29, 1.82) is 0 Å². The fourth-order valence-electron chi connectivity index (χ4n) is 3.05. The molecule has 1 N–H and O–H groups in total. The topological polar surface area (TPSA) is 55.8 Å². The van der Waals surface area contributed by atoms with Crippen LogP contribution >= 0.6 is 0 Å². The standard InChI is InChI=1S/C16H22O4/c1-11-13(14(17)19-4)12-7-5-6-8-16(12,20-11)10-9-15(2,3)18/h12,18H,5-8H2,1-4H3/t12-,16-/m1/s1. The molecule has 1 aliphatic carbocycles. The van der Waals surface area contributed by atoms with Crippen LogP contribution in [0.2, 0.25) is 0 Å². The quantitative estimate of drug-likeness (QED) is 0.590. The number of fused-ring (bicyclic) bond motifs is 1. The summed E-state index contributed by atoms with van der Waals surface area (Å²) in [5, 5.41) is 9.82. The van der Waals surface area contributed by atoms with Crippen molar-refractivity contribution in [3.05, 3.63) is 11.3 Å². The number of methoxy groups -OCH3 is 1. The summed E-state index contributed by atoms with van der Waals surface area (Å²) in [6, 6.07) is 0. The van der Waals surface area contributed by atoms with Crippen LogP contribution in [-0.4, -0.2) is 29.4 Å². The first kappa shape index (κ1) is 14.9. The first-order chi connectivity index (χ1) is 9.29. The zero-order chi connectivity index (χ0) is 15.0. The van der Waals surface area contributed by atoms with Gasteiger partial charge in [0.15, 0.2) is 5.60 Å². The lowest BCUT2D eigenvalue weighted by molar-refractivity contribution is -0.137. The van der Waals surface area contributed by atoms with Gasteiger partial charge in [-0.2, -0.15) is 0 Å². The molecule has 2 aliphatic rings. The van der Waals surface area contributed by atoms with E-state index in [9.17, 15) is 9.90 Å². The summed E-state index contributed by atoms with van der Waals surface area (Å²) in [6.07, 6.45) is 3.70. The molecular weight excluding hydrogens is 256 g/mol. The van der Waals surface area contributed by atoms with Crippen LogP contribution in [0.5, 0.6) is 0 Å². The van der Waals surface area contributed by atoms with Crippen LogP contribution in [0.15, 0.2) is 11.3 Å². The second-order valence-electron chi connectivity index (χ2n) is 6.06. The van der Waals surface area contributed by atoms with Crippen LogP contribution in [0.25, 0.3) is 0 Å².